The van der Waals surface area contributed by atoms with Gasteiger partial charge in [-0.05, 0) is 48.4 Å². The molecule has 0 spiro atoms. The largest absolute Gasteiger partial charge is 0.417 e. The second-order valence-electron chi connectivity index (χ2n) is 8.66. The molecule has 2 aromatic rings. The number of rotatable bonds is 6. The number of anilines is 2. The summed E-state index contributed by atoms with van der Waals surface area (Å²) in [5, 5.41) is 2.68. The molecule has 2 fully saturated rings. The van der Waals surface area contributed by atoms with Gasteiger partial charge in [0.15, 0.2) is 11.6 Å². The molecule has 0 unspecified atom stereocenters. The Bertz CT molecular complexity index is 1070. The van der Waals surface area contributed by atoms with Gasteiger partial charge < -0.3 is 10.2 Å². The zero-order chi connectivity index (χ0) is 23.9. The Kier molecular flexibility index (Phi) is 5.98. The Balaban J connectivity index is 1.50. The number of pyridine rings is 2. The van der Waals surface area contributed by atoms with E-state index in [0.717, 1.165) is 23.3 Å². The van der Waals surface area contributed by atoms with E-state index in [9.17, 15) is 27.2 Å². The lowest BCUT2D eigenvalue weighted by Crippen LogP contribution is -2.43. The predicted molar refractivity (Wildman–Crippen MR) is 112 cm³/mol. The monoisotopic (exact) mass is 465 g/mol. The molecule has 1 aliphatic heterocycles. The Hall–Kier alpha value is -3.24. The molecular weight excluding hydrogens is 442 g/mol. The van der Waals surface area contributed by atoms with Crippen LogP contribution in [-0.4, -0.2) is 45.9 Å². The van der Waals surface area contributed by atoms with Gasteiger partial charge in [0, 0.05) is 12.4 Å². The van der Waals surface area contributed by atoms with Gasteiger partial charge >= 0.3 is 12.2 Å². The summed E-state index contributed by atoms with van der Waals surface area (Å²) in [5.41, 5.74) is -0.152. The van der Waals surface area contributed by atoms with Crippen LogP contribution in [0.2, 0.25) is 0 Å². The molecule has 3 heterocycles. The number of aromatic nitrogens is 2. The molecule has 2 aromatic heterocycles. The number of hydrogen-bond donors (Lipinski definition) is 1. The fourth-order valence-electron chi connectivity index (χ4n) is 3.90. The Morgan fingerprint density at radius 1 is 1.24 bits per heavy atom. The van der Waals surface area contributed by atoms with Crippen molar-refractivity contribution in [3.05, 3.63) is 47.5 Å². The lowest BCUT2D eigenvalue weighted by molar-refractivity contribution is -0.138. The molecule has 2 aliphatic rings. The highest BCUT2D eigenvalue weighted by atomic mass is 19.4. The van der Waals surface area contributed by atoms with Crippen LogP contribution in [0.5, 0.6) is 0 Å². The number of alkyl halides is 3. The molecule has 0 bridgehead atoms. The Morgan fingerprint density at radius 2 is 1.97 bits per heavy atom. The average Bonchev–Trinajstić information content (AvgIpc) is 3.53. The first kappa shape index (κ1) is 22.9. The molecule has 4 rings (SSSR count). The van der Waals surface area contributed by atoms with Crippen molar-refractivity contribution in [3.63, 3.8) is 0 Å². The van der Waals surface area contributed by atoms with Gasteiger partial charge in [0.1, 0.15) is 12.4 Å². The number of nitrogens with one attached hydrogen (secondary N) is 1. The van der Waals surface area contributed by atoms with E-state index in [1.54, 1.807) is 12.3 Å². The number of carbonyl (C=O) groups is 2. The minimum Gasteiger partial charge on any atom is -0.310 e. The van der Waals surface area contributed by atoms with Crippen molar-refractivity contribution < 1.29 is 27.2 Å². The van der Waals surface area contributed by atoms with Crippen LogP contribution < -0.4 is 10.2 Å². The van der Waals surface area contributed by atoms with Crippen molar-refractivity contribution in [2.45, 2.75) is 44.8 Å². The molecule has 1 N–H and O–H groups in total. The fraction of sp³-hybridized carbons (Fsp3) is 0.455. The first-order valence-corrected chi connectivity index (χ1v) is 10.6. The minimum absolute atomic E-state index is 0.00548. The number of halogens is 4. The fourth-order valence-corrected chi connectivity index (χ4v) is 3.90. The number of amides is 3. The smallest absolute Gasteiger partial charge is 0.310 e. The molecule has 1 saturated carbocycles. The molecule has 7 nitrogen and oxygen atoms in total. The van der Waals surface area contributed by atoms with Crippen LogP contribution in [0.3, 0.4) is 0 Å². The van der Waals surface area contributed by atoms with E-state index in [-0.39, 0.29) is 19.0 Å². The molecule has 1 aliphatic carbocycles. The number of urea groups is 1. The van der Waals surface area contributed by atoms with Crippen LogP contribution in [0, 0.1) is 11.7 Å². The van der Waals surface area contributed by atoms with Gasteiger partial charge in [0.2, 0.25) is 5.91 Å². The second kappa shape index (κ2) is 8.60. The maximum Gasteiger partial charge on any atom is 0.417 e. The summed E-state index contributed by atoms with van der Waals surface area (Å²) in [6.45, 7) is 3.36. The van der Waals surface area contributed by atoms with Crippen molar-refractivity contribution in [3.8, 4) is 0 Å². The van der Waals surface area contributed by atoms with E-state index >= 15 is 0 Å². The second-order valence-corrected chi connectivity index (χ2v) is 8.66. The van der Waals surface area contributed by atoms with Gasteiger partial charge in [0.05, 0.1) is 18.2 Å². The lowest BCUT2D eigenvalue weighted by Gasteiger charge is -2.25. The van der Waals surface area contributed by atoms with Crippen molar-refractivity contribution in [2.24, 2.45) is 5.92 Å². The Labute approximate surface area is 187 Å². The molecule has 0 radical (unpaired) electrons. The van der Waals surface area contributed by atoms with Crippen LogP contribution >= 0.6 is 0 Å². The lowest BCUT2D eigenvalue weighted by atomic mass is 10.0. The minimum atomic E-state index is -4.75. The highest BCUT2D eigenvalue weighted by Crippen LogP contribution is 2.40. The van der Waals surface area contributed by atoms with Crippen molar-refractivity contribution in [1.82, 2.24) is 14.9 Å². The van der Waals surface area contributed by atoms with Gasteiger partial charge in [-0.3, -0.25) is 9.69 Å². The average molecular weight is 465 g/mol. The summed E-state index contributed by atoms with van der Waals surface area (Å²) in [5.74, 6) is -1.47. The standard InChI is InChI=1S/C22H23F4N5O2/c1-12(2)17-10-31(20-16(23)8-15(9-28-20)22(24,25)26)21(33)30(17)11-19(32)29-18-7-14(5-6-27-18)13-3-4-13/h5-9,12-13,17H,3-4,10-11H2,1-2H3,(H,27,29,32)/t17-/m1/s1. The third kappa shape index (κ3) is 4.91. The van der Waals surface area contributed by atoms with Crippen LogP contribution in [-0.2, 0) is 11.0 Å². The summed E-state index contributed by atoms with van der Waals surface area (Å²) in [4.78, 5) is 35.6. The molecule has 0 aromatic carbocycles. The third-order valence-electron chi connectivity index (χ3n) is 5.84. The van der Waals surface area contributed by atoms with Crippen LogP contribution in [0.4, 0.5) is 34.0 Å². The van der Waals surface area contributed by atoms with E-state index < -0.39 is 41.4 Å². The van der Waals surface area contributed by atoms with Gasteiger partial charge in [-0.15, -0.1) is 0 Å². The summed E-state index contributed by atoms with van der Waals surface area (Å²) < 4.78 is 53.0. The van der Waals surface area contributed by atoms with Gasteiger partial charge in [0.25, 0.3) is 0 Å². The molecule has 33 heavy (non-hydrogen) atoms. The highest BCUT2D eigenvalue weighted by Gasteiger charge is 2.42. The zero-order valence-electron chi connectivity index (χ0n) is 18.1. The van der Waals surface area contributed by atoms with E-state index in [1.807, 2.05) is 19.9 Å². The first-order valence-electron chi connectivity index (χ1n) is 10.6. The Morgan fingerprint density at radius 3 is 2.58 bits per heavy atom. The van der Waals surface area contributed by atoms with Crippen LogP contribution in [0.25, 0.3) is 0 Å². The van der Waals surface area contributed by atoms with E-state index in [2.05, 4.69) is 15.3 Å². The summed E-state index contributed by atoms with van der Waals surface area (Å²) in [6, 6.07) is 2.85. The molecule has 3 amide bonds. The summed E-state index contributed by atoms with van der Waals surface area (Å²) in [7, 11) is 0. The number of hydrogen-bond acceptors (Lipinski definition) is 4. The normalized spacial score (nSPS) is 18.9. The van der Waals surface area contributed by atoms with E-state index in [1.165, 1.54) is 4.90 Å². The number of carbonyl (C=O) groups excluding carboxylic acids is 2. The SMILES string of the molecule is CC(C)[C@H]1CN(c2ncc(C(F)(F)F)cc2F)C(=O)N1CC(=O)Nc1cc(C2CC2)ccn1. The van der Waals surface area contributed by atoms with Gasteiger partial charge in [-0.2, -0.15) is 13.2 Å². The molecule has 1 saturated heterocycles. The van der Waals surface area contributed by atoms with Crippen LogP contribution in [0.1, 0.15) is 43.7 Å². The van der Waals surface area contributed by atoms with Crippen molar-refractivity contribution in [2.75, 3.05) is 23.3 Å². The molecule has 1 atom stereocenters. The van der Waals surface area contributed by atoms with Crippen molar-refractivity contribution >= 4 is 23.6 Å². The number of nitrogens with zero attached hydrogens (tertiary/aromatic N) is 4. The molecule has 176 valence electrons. The van der Waals surface area contributed by atoms with Crippen LogP contribution in [0.15, 0.2) is 30.6 Å². The zero-order valence-corrected chi connectivity index (χ0v) is 18.1. The molecular formula is C22H23F4N5O2. The maximum absolute atomic E-state index is 14.5. The van der Waals surface area contributed by atoms with Crippen molar-refractivity contribution in [1.29, 1.82) is 0 Å². The summed E-state index contributed by atoms with van der Waals surface area (Å²) in [6.07, 6.45) is -0.455. The van der Waals surface area contributed by atoms with Gasteiger partial charge in [-0.1, -0.05) is 13.8 Å². The predicted octanol–water partition coefficient (Wildman–Crippen LogP) is 4.42. The highest BCUT2D eigenvalue weighted by molar-refractivity contribution is 5.99. The maximum atomic E-state index is 14.5. The third-order valence-corrected chi connectivity index (χ3v) is 5.84. The van der Waals surface area contributed by atoms with E-state index in [4.69, 9.17) is 0 Å². The first-order chi connectivity index (χ1) is 15.5. The van der Waals surface area contributed by atoms with E-state index in [0.29, 0.717) is 24.0 Å². The quantitative estimate of drug-likeness (QED) is 0.641. The summed E-state index contributed by atoms with van der Waals surface area (Å²) >= 11 is 0. The topological polar surface area (TPSA) is 78.4 Å². The van der Waals surface area contributed by atoms with Gasteiger partial charge in [-0.25, -0.2) is 19.2 Å². The molecule has 11 heteroatoms.